The number of anilines is 2. The lowest BCUT2D eigenvalue weighted by atomic mass is 10.1. The Bertz CT molecular complexity index is 840. The first-order chi connectivity index (χ1) is 12.8. The molecule has 0 saturated heterocycles. The van der Waals surface area contributed by atoms with E-state index in [0.29, 0.717) is 39.3 Å². The molecular formula is C19H18Cl3FN2O2. The fourth-order valence-electron chi connectivity index (χ4n) is 3.13. The van der Waals surface area contributed by atoms with Gasteiger partial charge in [-0.15, -0.1) is 0 Å². The number of rotatable bonds is 5. The lowest BCUT2D eigenvalue weighted by Crippen LogP contribution is -2.34. The maximum atomic E-state index is 14.1. The first-order valence-corrected chi connectivity index (χ1v) is 9.62. The van der Waals surface area contributed by atoms with Gasteiger partial charge in [-0.05, 0) is 55.2 Å². The van der Waals surface area contributed by atoms with Crippen LogP contribution in [0.3, 0.4) is 0 Å². The molecule has 8 heteroatoms. The lowest BCUT2D eigenvalue weighted by Gasteiger charge is -2.14. The molecule has 1 amide bonds. The molecule has 0 radical (unpaired) electrons. The van der Waals surface area contributed by atoms with Gasteiger partial charge in [0, 0.05) is 16.8 Å². The van der Waals surface area contributed by atoms with Gasteiger partial charge in [-0.1, -0.05) is 34.8 Å². The van der Waals surface area contributed by atoms with Gasteiger partial charge in [0.25, 0.3) is 0 Å². The summed E-state index contributed by atoms with van der Waals surface area (Å²) in [5, 5.41) is 16.5. The summed E-state index contributed by atoms with van der Waals surface area (Å²) < 4.78 is 14.1. The lowest BCUT2D eigenvalue weighted by molar-refractivity contribution is -0.121. The Kier molecular flexibility index (Phi) is 6.48. The van der Waals surface area contributed by atoms with Gasteiger partial charge in [0.05, 0.1) is 28.3 Å². The minimum Gasteiger partial charge on any atom is -0.393 e. The normalized spacial score (nSPS) is 19.1. The van der Waals surface area contributed by atoms with Gasteiger partial charge in [-0.25, -0.2) is 4.39 Å². The molecule has 2 unspecified atom stereocenters. The van der Waals surface area contributed by atoms with Crippen molar-refractivity contribution >= 4 is 52.1 Å². The number of carbonyl (C=O) groups excluding carboxylic acids is 1. The summed E-state index contributed by atoms with van der Waals surface area (Å²) in [5.74, 6) is -0.761. The van der Waals surface area contributed by atoms with E-state index >= 15 is 0 Å². The average molecular weight is 432 g/mol. The van der Waals surface area contributed by atoms with Crippen LogP contribution in [0.15, 0.2) is 30.3 Å². The Labute approximate surface area is 171 Å². The third-order valence-electron chi connectivity index (χ3n) is 4.44. The summed E-state index contributed by atoms with van der Waals surface area (Å²) in [6, 6.07) is 7.38. The van der Waals surface area contributed by atoms with E-state index in [1.807, 2.05) is 0 Å². The molecule has 0 spiro atoms. The molecule has 27 heavy (non-hydrogen) atoms. The van der Waals surface area contributed by atoms with Crippen LogP contribution in [0.1, 0.15) is 24.8 Å². The highest BCUT2D eigenvalue weighted by molar-refractivity contribution is 6.41. The molecule has 2 aromatic rings. The monoisotopic (exact) mass is 430 g/mol. The molecule has 1 aliphatic rings. The molecule has 1 saturated carbocycles. The fraction of sp³-hybridized carbons (Fsp3) is 0.316. The zero-order valence-electron chi connectivity index (χ0n) is 14.2. The van der Waals surface area contributed by atoms with Gasteiger partial charge in [0.2, 0.25) is 5.91 Å². The van der Waals surface area contributed by atoms with Crippen molar-refractivity contribution in [1.29, 1.82) is 0 Å². The van der Waals surface area contributed by atoms with E-state index in [1.54, 1.807) is 18.2 Å². The second-order valence-electron chi connectivity index (χ2n) is 6.58. The summed E-state index contributed by atoms with van der Waals surface area (Å²) in [7, 11) is 0. The van der Waals surface area contributed by atoms with Crippen LogP contribution < -0.4 is 10.6 Å². The molecule has 0 bridgehead atoms. The number of aliphatic hydroxyl groups is 1. The summed E-state index contributed by atoms with van der Waals surface area (Å²) in [4.78, 5) is 12.2. The molecule has 2 atom stereocenters. The first-order valence-electron chi connectivity index (χ1n) is 8.49. The van der Waals surface area contributed by atoms with Crippen molar-refractivity contribution in [2.24, 2.45) is 0 Å². The highest BCUT2D eigenvalue weighted by Crippen LogP contribution is 2.36. The highest BCUT2D eigenvalue weighted by atomic mass is 35.5. The summed E-state index contributed by atoms with van der Waals surface area (Å²) in [6.07, 6.45) is 1.44. The van der Waals surface area contributed by atoms with Crippen LogP contribution in [0, 0.1) is 5.82 Å². The molecule has 4 nitrogen and oxygen atoms in total. The maximum absolute atomic E-state index is 14.1. The van der Waals surface area contributed by atoms with E-state index in [4.69, 9.17) is 34.8 Å². The molecular weight excluding hydrogens is 414 g/mol. The van der Waals surface area contributed by atoms with Crippen LogP contribution in [0.2, 0.25) is 15.1 Å². The van der Waals surface area contributed by atoms with Crippen LogP contribution in [-0.2, 0) is 11.2 Å². The van der Waals surface area contributed by atoms with Gasteiger partial charge < -0.3 is 15.7 Å². The number of hydrogen-bond acceptors (Lipinski definition) is 3. The molecule has 3 N–H and O–H groups in total. The predicted molar refractivity (Wildman–Crippen MR) is 107 cm³/mol. The van der Waals surface area contributed by atoms with Crippen molar-refractivity contribution in [2.45, 2.75) is 37.8 Å². The van der Waals surface area contributed by atoms with E-state index < -0.39 is 5.82 Å². The number of hydrogen-bond donors (Lipinski definition) is 3. The van der Waals surface area contributed by atoms with Gasteiger partial charge in [0.1, 0.15) is 5.82 Å². The van der Waals surface area contributed by atoms with Crippen molar-refractivity contribution in [3.8, 4) is 0 Å². The second-order valence-corrected chi connectivity index (χ2v) is 7.83. The topological polar surface area (TPSA) is 61.4 Å². The molecule has 0 aromatic heterocycles. The number of halogens is 4. The third-order valence-corrected chi connectivity index (χ3v) is 5.26. The average Bonchev–Trinajstić information content (AvgIpc) is 2.98. The van der Waals surface area contributed by atoms with E-state index in [2.05, 4.69) is 10.6 Å². The first kappa shape index (κ1) is 20.2. The Hall–Kier alpha value is -1.53. The van der Waals surface area contributed by atoms with Crippen LogP contribution >= 0.6 is 34.8 Å². The van der Waals surface area contributed by atoms with Gasteiger partial charge in [-0.2, -0.15) is 0 Å². The van der Waals surface area contributed by atoms with Gasteiger partial charge in [0.15, 0.2) is 0 Å². The Balaban J connectivity index is 1.72. The summed E-state index contributed by atoms with van der Waals surface area (Å²) in [6.45, 7) is 0. The largest absolute Gasteiger partial charge is 0.393 e. The molecule has 0 heterocycles. The number of nitrogens with one attached hydrogen (secondary N) is 2. The second kappa shape index (κ2) is 8.65. The maximum Gasteiger partial charge on any atom is 0.224 e. The summed E-state index contributed by atoms with van der Waals surface area (Å²) >= 11 is 18.2. The molecule has 2 aromatic carbocycles. The van der Waals surface area contributed by atoms with Crippen molar-refractivity contribution < 1.29 is 14.3 Å². The third kappa shape index (κ3) is 5.26. The minimum absolute atomic E-state index is 0.0662. The van der Waals surface area contributed by atoms with Crippen LogP contribution in [-0.4, -0.2) is 23.2 Å². The van der Waals surface area contributed by atoms with Crippen molar-refractivity contribution in [3.05, 3.63) is 56.8 Å². The van der Waals surface area contributed by atoms with Gasteiger partial charge in [-0.3, -0.25) is 4.79 Å². The fourth-order valence-corrected chi connectivity index (χ4v) is 4.05. The number of benzene rings is 2. The van der Waals surface area contributed by atoms with Gasteiger partial charge >= 0.3 is 0 Å². The Morgan fingerprint density at radius 3 is 2.48 bits per heavy atom. The van der Waals surface area contributed by atoms with E-state index in [-0.39, 0.29) is 30.0 Å². The number of amides is 1. The number of aliphatic hydroxyl groups excluding tert-OH is 1. The molecule has 1 aliphatic carbocycles. The van der Waals surface area contributed by atoms with Crippen molar-refractivity contribution in [1.82, 2.24) is 5.32 Å². The molecule has 1 fully saturated rings. The zero-order valence-corrected chi connectivity index (χ0v) is 16.5. The van der Waals surface area contributed by atoms with E-state index in [1.165, 1.54) is 12.1 Å². The quantitative estimate of drug-likeness (QED) is 0.617. The Morgan fingerprint density at radius 1 is 1.15 bits per heavy atom. The van der Waals surface area contributed by atoms with Crippen LogP contribution in [0.5, 0.6) is 0 Å². The Morgan fingerprint density at radius 2 is 1.85 bits per heavy atom. The highest BCUT2D eigenvalue weighted by Gasteiger charge is 2.24. The van der Waals surface area contributed by atoms with Crippen molar-refractivity contribution in [3.63, 3.8) is 0 Å². The minimum atomic E-state index is -0.476. The number of carbonyl (C=O) groups is 1. The SMILES string of the molecule is O=C(Cc1cc(Nc2c(Cl)cc(Cl)cc2Cl)ccc1F)NC1CCC(O)C1. The standard InChI is InChI=1S/C19H18Cl3FN2O2/c20-11-7-15(21)19(16(22)8-11)25-12-2-4-17(23)10(5-12)6-18(27)24-13-1-3-14(26)9-13/h2,4-5,7-8,13-14,25-26H,1,3,6,9H2,(H,24,27). The molecule has 144 valence electrons. The zero-order chi connectivity index (χ0) is 19.6. The predicted octanol–water partition coefficient (Wildman–Crippen LogP) is 5.10. The summed E-state index contributed by atoms with van der Waals surface area (Å²) in [5.41, 5.74) is 1.24. The van der Waals surface area contributed by atoms with E-state index in [9.17, 15) is 14.3 Å². The smallest absolute Gasteiger partial charge is 0.224 e. The van der Waals surface area contributed by atoms with Crippen LogP contribution in [0.25, 0.3) is 0 Å². The van der Waals surface area contributed by atoms with Crippen LogP contribution in [0.4, 0.5) is 15.8 Å². The van der Waals surface area contributed by atoms with E-state index in [0.717, 1.165) is 6.42 Å². The molecule has 0 aliphatic heterocycles. The van der Waals surface area contributed by atoms with Crippen molar-refractivity contribution in [2.75, 3.05) is 5.32 Å². The molecule has 3 rings (SSSR count).